The molecule has 0 heterocycles. The number of sulfone groups is 1. The highest BCUT2D eigenvalue weighted by Crippen LogP contribution is 2.21. The molecule has 0 bridgehead atoms. The lowest BCUT2D eigenvalue weighted by Crippen LogP contribution is -2.59. The molecular formula is C41H51ClN4O11S. The standard InChI is InChI=1S/C41H51ClN4O11S/c1-25(2)36(39(51)43-29(22-34(47)55-6)21-33(42)58(7,53)54)46-38(50)31(20-28-18-13-17-27-16-11-12-19-30(27)28)44-37(49)32(23-35(48)57-41(3,4)5)45-40(52)56-24-26-14-9-8-10-15-26/h8-19,21,25,29,31-32,36H,20,22-24H2,1-7H3,(H,43,51)(H,44,49)(H,45,52)(H,46,50)/b33-21+/t29-,31+,32+,36-/m1/s1. The maximum Gasteiger partial charge on any atom is 0.408 e. The summed E-state index contributed by atoms with van der Waals surface area (Å²) in [5.41, 5.74) is 0.408. The quantitative estimate of drug-likeness (QED) is 0.105. The number of hydrogen-bond donors (Lipinski definition) is 4. The fraction of sp³-hybridized carbons (Fsp3) is 0.415. The van der Waals surface area contributed by atoms with Crippen molar-refractivity contribution in [3.05, 3.63) is 94.4 Å². The van der Waals surface area contributed by atoms with Gasteiger partial charge in [-0.25, -0.2) is 13.2 Å². The van der Waals surface area contributed by atoms with Gasteiger partial charge in [0.25, 0.3) is 0 Å². The Kier molecular flexibility index (Phi) is 17.2. The topological polar surface area (TPSA) is 212 Å². The summed E-state index contributed by atoms with van der Waals surface area (Å²) < 4.78 is 38.9. The van der Waals surface area contributed by atoms with Crippen molar-refractivity contribution >= 4 is 68.0 Å². The molecule has 3 aromatic carbocycles. The zero-order valence-electron chi connectivity index (χ0n) is 33.5. The molecule has 0 saturated heterocycles. The van der Waals surface area contributed by atoms with Crippen molar-refractivity contribution in [1.82, 2.24) is 21.3 Å². The minimum Gasteiger partial charge on any atom is -0.469 e. The van der Waals surface area contributed by atoms with Gasteiger partial charge in [-0.3, -0.25) is 24.0 Å². The van der Waals surface area contributed by atoms with E-state index in [1.54, 1.807) is 77.1 Å². The highest BCUT2D eigenvalue weighted by Gasteiger charge is 2.34. The van der Waals surface area contributed by atoms with Gasteiger partial charge in [-0.05, 0) is 54.7 Å². The molecule has 0 radical (unpaired) electrons. The van der Waals surface area contributed by atoms with Gasteiger partial charge in [0.2, 0.25) is 17.7 Å². The Morgan fingerprint density at radius 1 is 0.759 bits per heavy atom. The summed E-state index contributed by atoms with van der Waals surface area (Å²) in [5.74, 6) is -4.70. The first kappa shape index (κ1) is 46.9. The maximum atomic E-state index is 14.3. The van der Waals surface area contributed by atoms with Gasteiger partial charge in [-0.15, -0.1) is 0 Å². The number of halogens is 1. The molecule has 3 aromatic rings. The van der Waals surface area contributed by atoms with Crippen molar-refractivity contribution in [1.29, 1.82) is 0 Å². The van der Waals surface area contributed by atoms with Gasteiger partial charge in [-0.2, -0.15) is 0 Å². The largest absolute Gasteiger partial charge is 0.469 e. The minimum absolute atomic E-state index is 0.0966. The first-order valence-electron chi connectivity index (χ1n) is 18.4. The van der Waals surface area contributed by atoms with Crippen LogP contribution >= 0.6 is 11.6 Å². The van der Waals surface area contributed by atoms with Crippen molar-refractivity contribution in [2.75, 3.05) is 13.4 Å². The summed E-state index contributed by atoms with van der Waals surface area (Å²) >= 11 is 5.96. The number of benzene rings is 3. The first-order chi connectivity index (χ1) is 27.2. The van der Waals surface area contributed by atoms with Crippen LogP contribution in [-0.2, 0) is 61.0 Å². The molecule has 0 spiro atoms. The molecule has 0 unspecified atom stereocenters. The Morgan fingerprint density at radius 2 is 1.38 bits per heavy atom. The smallest absolute Gasteiger partial charge is 0.408 e. The van der Waals surface area contributed by atoms with Crippen LogP contribution in [0.5, 0.6) is 0 Å². The van der Waals surface area contributed by atoms with E-state index < -0.39 is 98.5 Å². The Hall–Kier alpha value is -5.48. The lowest BCUT2D eigenvalue weighted by Gasteiger charge is -2.28. The van der Waals surface area contributed by atoms with E-state index in [0.29, 0.717) is 11.1 Å². The Labute approximate surface area is 343 Å². The summed E-state index contributed by atoms with van der Waals surface area (Å²) in [6, 6.07) is 16.1. The zero-order valence-corrected chi connectivity index (χ0v) is 35.1. The van der Waals surface area contributed by atoms with Gasteiger partial charge in [0.15, 0.2) is 9.84 Å². The number of methoxy groups -OCH3 is 1. The molecule has 0 aliphatic heterocycles. The number of alkyl carbamates (subject to hydrolysis) is 1. The fourth-order valence-corrected chi connectivity index (χ4v) is 6.16. The lowest BCUT2D eigenvalue weighted by molar-refractivity contribution is -0.156. The predicted molar refractivity (Wildman–Crippen MR) is 218 cm³/mol. The van der Waals surface area contributed by atoms with Gasteiger partial charge in [0, 0.05) is 12.7 Å². The summed E-state index contributed by atoms with van der Waals surface area (Å²) in [7, 11) is -2.78. The second-order valence-electron chi connectivity index (χ2n) is 14.8. The minimum atomic E-state index is -3.90. The van der Waals surface area contributed by atoms with Crippen molar-refractivity contribution in [3.8, 4) is 0 Å². The van der Waals surface area contributed by atoms with E-state index in [0.717, 1.165) is 30.2 Å². The van der Waals surface area contributed by atoms with Crippen LogP contribution in [0.1, 0.15) is 58.6 Å². The van der Waals surface area contributed by atoms with E-state index in [2.05, 4.69) is 21.3 Å². The van der Waals surface area contributed by atoms with Gasteiger partial charge in [0.1, 0.15) is 34.7 Å². The summed E-state index contributed by atoms with van der Waals surface area (Å²) in [6.07, 6.45) is -0.366. The highest BCUT2D eigenvalue weighted by atomic mass is 35.5. The monoisotopic (exact) mass is 842 g/mol. The Bertz CT molecular complexity index is 2080. The van der Waals surface area contributed by atoms with E-state index in [4.69, 9.17) is 25.8 Å². The third kappa shape index (κ3) is 15.5. The average molecular weight is 843 g/mol. The molecule has 15 nitrogen and oxygen atoms in total. The summed E-state index contributed by atoms with van der Waals surface area (Å²) in [4.78, 5) is 80.2. The van der Waals surface area contributed by atoms with Gasteiger partial charge < -0.3 is 35.5 Å². The maximum absolute atomic E-state index is 14.3. The number of carbonyl (C=O) groups excluding carboxylic acids is 6. The number of esters is 2. The molecule has 58 heavy (non-hydrogen) atoms. The molecule has 0 fully saturated rings. The van der Waals surface area contributed by atoms with Gasteiger partial charge >= 0.3 is 18.0 Å². The predicted octanol–water partition coefficient (Wildman–Crippen LogP) is 4.21. The lowest BCUT2D eigenvalue weighted by atomic mass is 9.97. The van der Waals surface area contributed by atoms with Crippen molar-refractivity contribution in [2.24, 2.45) is 5.92 Å². The van der Waals surface area contributed by atoms with Crippen LogP contribution in [0.25, 0.3) is 10.8 Å². The van der Waals surface area contributed by atoms with Crippen molar-refractivity contribution in [2.45, 2.75) is 90.3 Å². The molecule has 314 valence electrons. The molecule has 0 aliphatic rings. The van der Waals surface area contributed by atoms with Crippen LogP contribution in [-0.4, -0.2) is 87.3 Å². The fourth-order valence-electron chi connectivity index (χ4n) is 5.60. The van der Waals surface area contributed by atoms with E-state index in [-0.39, 0.29) is 13.0 Å². The third-order valence-corrected chi connectivity index (χ3v) is 10.2. The number of fused-ring (bicyclic) bond motifs is 1. The van der Waals surface area contributed by atoms with Gasteiger partial charge in [-0.1, -0.05) is 98.2 Å². The second-order valence-corrected chi connectivity index (χ2v) is 17.4. The van der Waals surface area contributed by atoms with E-state index in [1.165, 1.54) is 0 Å². The van der Waals surface area contributed by atoms with Crippen LogP contribution in [0, 0.1) is 5.92 Å². The number of carbonyl (C=O) groups is 6. The van der Waals surface area contributed by atoms with E-state index in [9.17, 15) is 37.2 Å². The highest BCUT2D eigenvalue weighted by molar-refractivity contribution is 7.96. The van der Waals surface area contributed by atoms with Crippen LogP contribution in [0.15, 0.2) is 83.2 Å². The molecule has 17 heteroatoms. The number of amides is 4. The molecule has 4 N–H and O–H groups in total. The number of ether oxygens (including phenoxy) is 3. The van der Waals surface area contributed by atoms with Crippen LogP contribution < -0.4 is 21.3 Å². The molecule has 0 aromatic heterocycles. The third-order valence-electron chi connectivity index (χ3n) is 8.42. The molecule has 0 saturated carbocycles. The van der Waals surface area contributed by atoms with E-state index >= 15 is 0 Å². The average Bonchev–Trinajstić information content (AvgIpc) is 3.14. The molecule has 4 atom stereocenters. The number of hydrogen-bond acceptors (Lipinski definition) is 11. The van der Waals surface area contributed by atoms with Crippen LogP contribution in [0.4, 0.5) is 4.79 Å². The normalized spacial score (nSPS) is 14.0. The molecular weight excluding hydrogens is 792 g/mol. The van der Waals surface area contributed by atoms with Gasteiger partial charge in [0.05, 0.1) is 26.0 Å². The van der Waals surface area contributed by atoms with Crippen LogP contribution in [0.3, 0.4) is 0 Å². The molecule has 3 rings (SSSR count). The first-order valence-corrected chi connectivity index (χ1v) is 20.6. The molecule has 0 aliphatic carbocycles. The van der Waals surface area contributed by atoms with Crippen LogP contribution in [0.2, 0.25) is 0 Å². The van der Waals surface area contributed by atoms with E-state index in [1.807, 2.05) is 30.3 Å². The molecule has 4 amide bonds. The second kappa shape index (κ2) is 21.3. The SMILES string of the molecule is COC(=O)C[C@@H](/C=C(\Cl)S(C)(=O)=O)NC(=O)[C@H](NC(=O)[C@H](Cc1cccc2ccccc12)NC(=O)[C@H](CC(=O)OC(C)(C)C)NC(=O)OCc1ccccc1)C(C)C. The number of nitrogens with one attached hydrogen (secondary N) is 4. The Balaban J connectivity index is 1.97. The van der Waals surface area contributed by atoms with Crippen molar-refractivity contribution in [3.63, 3.8) is 0 Å². The Morgan fingerprint density at radius 3 is 2.00 bits per heavy atom. The number of rotatable bonds is 18. The summed E-state index contributed by atoms with van der Waals surface area (Å²) in [5, 5.41) is 11.9. The van der Waals surface area contributed by atoms with Crippen molar-refractivity contribution < 1.29 is 51.4 Å². The summed E-state index contributed by atoms with van der Waals surface area (Å²) in [6.45, 7) is 8.07. The zero-order chi connectivity index (χ0) is 43.2.